The van der Waals surface area contributed by atoms with E-state index in [9.17, 15) is 4.79 Å². The number of nitrogen functional groups attached to an aromatic ring is 1. The molecule has 4 rings (SSSR count). The zero-order valence-electron chi connectivity index (χ0n) is 17.8. The molecule has 3 N–H and O–H groups in total. The summed E-state index contributed by atoms with van der Waals surface area (Å²) in [7, 11) is 1.51. The highest BCUT2D eigenvalue weighted by molar-refractivity contribution is 5.78. The van der Waals surface area contributed by atoms with Gasteiger partial charge in [-0.25, -0.2) is 0 Å². The monoisotopic (exact) mass is 422 g/mol. The van der Waals surface area contributed by atoms with Gasteiger partial charge in [-0.15, -0.1) is 0 Å². The summed E-state index contributed by atoms with van der Waals surface area (Å²) in [5.41, 5.74) is 10.5. The lowest BCUT2D eigenvalue weighted by molar-refractivity contribution is -0.125. The van der Waals surface area contributed by atoms with Gasteiger partial charge in [0.25, 0.3) is 5.89 Å². The van der Waals surface area contributed by atoms with Crippen molar-refractivity contribution in [3.8, 4) is 28.6 Å². The van der Waals surface area contributed by atoms with Crippen LogP contribution in [0.4, 0.5) is 5.69 Å². The van der Waals surface area contributed by atoms with Gasteiger partial charge in [0, 0.05) is 18.2 Å². The molecule has 0 aliphatic heterocycles. The Hall–Kier alpha value is -3.39. The Kier molecular flexibility index (Phi) is 5.90. The van der Waals surface area contributed by atoms with E-state index >= 15 is 0 Å². The largest absolute Gasteiger partial charge is 0.489 e. The number of nitrogens with one attached hydrogen (secondary N) is 1. The molecular formula is C23H26N4O4. The maximum Gasteiger partial charge on any atom is 0.258 e. The first-order chi connectivity index (χ1) is 15.0. The first-order valence-electron chi connectivity index (χ1n) is 10.3. The summed E-state index contributed by atoms with van der Waals surface area (Å²) < 4.78 is 16.1. The van der Waals surface area contributed by atoms with E-state index in [1.807, 2.05) is 44.2 Å². The van der Waals surface area contributed by atoms with Gasteiger partial charge in [-0.1, -0.05) is 23.4 Å². The van der Waals surface area contributed by atoms with E-state index in [1.54, 1.807) is 6.07 Å². The molecule has 0 fully saturated rings. The van der Waals surface area contributed by atoms with Gasteiger partial charge in [-0.2, -0.15) is 4.98 Å². The zero-order chi connectivity index (χ0) is 22.0. The Morgan fingerprint density at radius 3 is 2.90 bits per heavy atom. The van der Waals surface area contributed by atoms with E-state index in [0.29, 0.717) is 23.2 Å². The second kappa shape index (κ2) is 8.77. The molecule has 0 bridgehead atoms. The van der Waals surface area contributed by atoms with Crippen LogP contribution in [-0.4, -0.2) is 35.9 Å². The molecule has 2 aromatic carbocycles. The second-order valence-electron chi connectivity index (χ2n) is 7.81. The molecule has 0 radical (unpaired) electrons. The molecule has 0 spiro atoms. The third kappa shape index (κ3) is 4.39. The number of anilines is 1. The standard InChI is InChI=1S/C23H26N4O4/c1-13(2)30-20-10-7-14(11-18(20)24)23-26-22(27-31-23)17-6-4-5-16-15(17)8-9-19(16)25-21(28)12-29-3/h4-7,10-11,13,19H,8-9,12,24H2,1-3H3,(H,25,28). The number of carbonyl (C=O) groups is 1. The van der Waals surface area contributed by atoms with E-state index < -0.39 is 0 Å². The number of amides is 1. The fraction of sp³-hybridized carbons (Fsp3) is 0.348. The van der Waals surface area contributed by atoms with Crippen LogP contribution in [0, 0.1) is 0 Å². The number of hydrogen-bond acceptors (Lipinski definition) is 7. The van der Waals surface area contributed by atoms with Gasteiger partial charge < -0.3 is 25.0 Å². The smallest absolute Gasteiger partial charge is 0.258 e. The Morgan fingerprint density at radius 1 is 1.32 bits per heavy atom. The van der Waals surface area contributed by atoms with Crippen molar-refractivity contribution < 1.29 is 18.8 Å². The number of methoxy groups -OCH3 is 1. The molecule has 162 valence electrons. The molecule has 1 amide bonds. The summed E-state index contributed by atoms with van der Waals surface area (Å²) in [5, 5.41) is 7.21. The lowest BCUT2D eigenvalue weighted by Crippen LogP contribution is -2.30. The molecular weight excluding hydrogens is 396 g/mol. The van der Waals surface area contributed by atoms with Gasteiger partial charge in [0.05, 0.1) is 17.8 Å². The molecule has 31 heavy (non-hydrogen) atoms. The molecule has 1 aromatic heterocycles. The van der Waals surface area contributed by atoms with Crippen LogP contribution in [0.5, 0.6) is 5.75 Å². The summed E-state index contributed by atoms with van der Waals surface area (Å²) in [6.45, 7) is 3.94. The number of carbonyl (C=O) groups excluding carboxylic acids is 1. The predicted octanol–water partition coefficient (Wildman–Crippen LogP) is 3.52. The maximum absolute atomic E-state index is 11.9. The van der Waals surface area contributed by atoms with Gasteiger partial charge in [0.15, 0.2) is 0 Å². The average molecular weight is 422 g/mol. The first-order valence-corrected chi connectivity index (χ1v) is 10.3. The minimum Gasteiger partial charge on any atom is -0.489 e. The summed E-state index contributed by atoms with van der Waals surface area (Å²) in [6.07, 6.45) is 1.67. The van der Waals surface area contributed by atoms with Gasteiger partial charge in [0.2, 0.25) is 11.7 Å². The topological polar surface area (TPSA) is 112 Å². The lowest BCUT2D eigenvalue weighted by atomic mass is 10.0. The summed E-state index contributed by atoms with van der Waals surface area (Å²) in [4.78, 5) is 16.5. The van der Waals surface area contributed by atoms with Crippen LogP contribution in [-0.2, 0) is 16.0 Å². The van der Waals surface area contributed by atoms with Gasteiger partial charge in [0.1, 0.15) is 12.4 Å². The fourth-order valence-corrected chi connectivity index (χ4v) is 3.87. The van der Waals surface area contributed by atoms with Crippen molar-refractivity contribution in [2.45, 2.75) is 38.8 Å². The number of nitrogens with two attached hydrogens (primary N) is 1. The maximum atomic E-state index is 11.9. The lowest BCUT2D eigenvalue weighted by Gasteiger charge is -2.14. The van der Waals surface area contributed by atoms with Gasteiger partial charge >= 0.3 is 0 Å². The highest BCUT2D eigenvalue weighted by atomic mass is 16.5. The van der Waals surface area contributed by atoms with Crippen LogP contribution in [0.1, 0.15) is 37.4 Å². The van der Waals surface area contributed by atoms with E-state index in [4.69, 9.17) is 19.7 Å². The van der Waals surface area contributed by atoms with Crippen molar-refractivity contribution in [3.63, 3.8) is 0 Å². The summed E-state index contributed by atoms with van der Waals surface area (Å²) in [5.74, 6) is 1.39. The van der Waals surface area contributed by atoms with E-state index in [2.05, 4.69) is 15.5 Å². The molecule has 1 heterocycles. The number of hydrogen-bond donors (Lipinski definition) is 2. The van der Waals surface area contributed by atoms with Crippen LogP contribution in [0.15, 0.2) is 40.9 Å². The molecule has 8 nitrogen and oxygen atoms in total. The van der Waals surface area contributed by atoms with Crippen molar-refractivity contribution >= 4 is 11.6 Å². The number of rotatable bonds is 7. The first kappa shape index (κ1) is 20.9. The number of ether oxygens (including phenoxy) is 2. The Morgan fingerprint density at radius 2 is 2.16 bits per heavy atom. The normalized spacial score (nSPS) is 15.2. The van der Waals surface area contributed by atoms with Crippen LogP contribution < -0.4 is 15.8 Å². The van der Waals surface area contributed by atoms with Crippen molar-refractivity contribution in [1.82, 2.24) is 15.5 Å². The highest BCUT2D eigenvalue weighted by Gasteiger charge is 2.27. The van der Waals surface area contributed by atoms with E-state index in [-0.39, 0.29) is 24.7 Å². The van der Waals surface area contributed by atoms with Crippen LogP contribution in [0.3, 0.4) is 0 Å². The second-order valence-corrected chi connectivity index (χ2v) is 7.81. The number of fused-ring (bicyclic) bond motifs is 1. The molecule has 1 aliphatic carbocycles. The summed E-state index contributed by atoms with van der Waals surface area (Å²) in [6, 6.07) is 11.3. The molecule has 1 unspecified atom stereocenters. The van der Waals surface area contributed by atoms with E-state index in [0.717, 1.165) is 35.1 Å². The molecule has 3 aromatic rings. The minimum atomic E-state index is -0.130. The van der Waals surface area contributed by atoms with Gasteiger partial charge in [-0.05, 0) is 56.0 Å². The molecule has 1 atom stereocenters. The number of nitrogens with zero attached hydrogens (tertiary/aromatic N) is 2. The van der Waals surface area contributed by atoms with E-state index in [1.165, 1.54) is 7.11 Å². The SMILES string of the molecule is COCC(=O)NC1CCc2c(-c3noc(-c4ccc(OC(C)C)c(N)c4)n3)cccc21. The van der Waals surface area contributed by atoms with Crippen molar-refractivity contribution in [3.05, 3.63) is 47.5 Å². The Bertz CT molecular complexity index is 1090. The molecule has 8 heteroatoms. The molecule has 0 saturated heterocycles. The highest BCUT2D eigenvalue weighted by Crippen LogP contribution is 2.37. The molecule has 1 aliphatic rings. The van der Waals surface area contributed by atoms with Crippen molar-refractivity contribution in [2.75, 3.05) is 19.5 Å². The number of aromatic nitrogens is 2. The zero-order valence-corrected chi connectivity index (χ0v) is 17.8. The Labute approximate surface area is 180 Å². The van der Waals surface area contributed by atoms with Crippen LogP contribution in [0.2, 0.25) is 0 Å². The van der Waals surface area contributed by atoms with Crippen LogP contribution in [0.25, 0.3) is 22.8 Å². The minimum absolute atomic E-state index is 0.0337. The fourth-order valence-electron chi connectivity index (χ4n) is 3.87. The van der Waals surface area contributed by atoms with Crippen LogP contribution >= 0.6 is 0 Å². The quantitative estimate of drug-likeness (QED) is 0.560. The average Bonchev–Trinajstić information content (AvgIpc) is 3.37. The predicted molar refractivity (Wildman–Crippen MR) is 116 cm³/mol. The Balaban J connectivity index is 1.59. The third-order valence-electron chi connectivity index (χ3n) is 5.17. The van der Waals surface area contributed by atoms with Crippen molar-refractivity contribution in [1.29, 1.82) is 0 Å². The van der Waals surface area contributed by atoms with Crippen molar-refractivity contribution in [2.24, 2.45) is 0 Å². The summed E-state index contributed by atoms with van der Waals surface area (Å²) >= 11 is 0. The molecule has 0 saturated carbocycles. The number of benzene rings is 2. The third-order valence-corrected chi connectivity index (χ3v) is 5.17. The van der Waals surface area contributed by atoms with Gasteiger partial charge in [-0.3, -0.25) is 4.79 Å².